The van der Waals surface area contributed by atoms with Crippen molar-refractivity contribution in [3.8, 4) is 0 Å². The summed E-state index contributed by atoms with van der Waals surface area (Å²) < 4.78 is 5.59. The quantitative estimate of drug-likeness (QED) is 0.809. The van der Waals surface area contributed by atoms with Gasteiger partial charge in [-0.1, -0.05) is 29.5 Å². The second kappa shape index (κ2) is 5.54. The Balaban J connectivity index is 2.15. The molecule has 0 bridgehead atoms. The maximum absolute atomic E-state index is 11.9. The molecule has 0 N–H and O–H groups in total. The summed E-state index contributed by atoms with van der Waals surface area (Å²) in [5.74, 6) is -0.326. The van der Waals surface area contributed by atoms with Gasteiger partial charge in [-0.2, -0.15) is 0 Å². The number of carbonyl (C=O) groups is 2. The Labute approximate surface area is 113 Å². The van der Waals surface area contributed by atoms with E-state index in [9.17, 15) is 9.59 Å². The number of hydrogen-bond acceptors (Lipinski definition) is 5. The number of thiophene rings is 1. The van der Waals surface area contributed by atoms with Gasteiger partial charge in [-0.25, -0.2) is 0 Å². The normalized spacial score (nSPS) is 10.6. The zero-order valence-electron chi connectivity index (χ0n) is 10.1. The standard InChI is InChI=1S/C13H12O3S2/c1-8-3-4-10-9(5-8)6-11(18-10)13(15)17-7-12(14)16-2/h3-6H,7H2,1-2H3. The Hall–Kier alpha value is -1.33. The molecule has 0 aliphatic rings. The second-order valence-electron chi connectivity index (χ2n) is 3.80. The van der Waals surface area contributed by atoms with Crippen molar-refractivity contribution in [1.82, 2.24) is 0 Å². The van der Waals surface area contributed by atoms with E-state index < -0.39 is 0 Å². The third kappa shape index (κ3) is 2.91. The van der Waals surface area contributed by atoms with Crippen molar-refractivity contribution in [3.63, 3.8) is 0 Å². The summed E-state index contributed by atoms with van der Waals surface area (Å²) in [6.45, 7) is 2.02. The first-order valence-electron chi connectivity index (χ1n) is 5.34. The van der Waals surface area contributed by atoms with Crippen LogP contribution in [0.5, 0.6) is 0 Å². The molecule has 94 valence electrons. The molecule has 0 spiro atoms. The zero-order valence-corrected chi connectivity index (χ0v) is 11.7. The van der Waals surface area contributed by atoms with Crippen molar-refractivity contribution in [2.45, 2.75) is 6.92 Å². The number of rotatable bonds is 3. The van der Waals surface area contributed by atoms with Crippen LogP contribution < -0.4 is 0 Å². The Morgan fingerprint density at radius 2 is 2.11 bits per heavy atom. The smallest absolute Gasteiger partial charge is 0.316 e. The zero-order chi connectivity index (χ0) is 13.1. The van der Waals surface area contributed by atoms with Gasteiger partial charge in [0, 0.05) is 4.70 Å². The third-order valence-electron chi connectivity index (χ3n) is 2.42. The highest BCUT2D eigenvalue weighted by molar-refractivity contribution is 8.14. The fourth-order valence-electron chi connectivity index (χ4n) is 1.52. The maximum Gasteiger partial charge on any atom is 0.316 e. The molecule has 5 heteroatoms. The molecule has 0 aliphatic carbocycles. The molecule has 0 radical (unpaired) electrons. The molecular formula is C13H12O3S2. The number of hydrogen-bond donors (Lipinski definition) is 0. The number of ether oxygens (including phenoxy) is 1. The summed E-state index contributed by atoms with van der Waals surface area (Å²) in [5.41, 5.74) is 1.17. The highest BCUT2D eigenvalue weighted by atomic mass is 32.2. The van der Waals surface area contributed by atoms with Gasteiger partial charge in [0.05, 0.1) is 17.7 Å². The number of methoxy groups -OCH3 is 1. The molecule has 18 heavy (non-hydrogen) atoms. The fourth-order valence-corrected chi connectivity index (χ4v) is 3.27. The van der Waals surface area contributed by atoms with E-state index in [0.29, 0.717) is 4.88 Å². The fraction of sp³-hybridized carbons (Fsp3) is 0.231. The molecule has 1 heterocycles. The third-order valence-corrected chi connectivity index (χ3v) is 4.53. The van der Waals surface area contributed by atoms with Gasteiger partial charge in [-0.05, 0) is 24.4 Å². The highest BCUT2D eigenvalue weighted by Crippen LogP contribution is 2.29. The average Bonchev–Trinajstić information content (AvgIpc) is 2.78. The lowest BCUT2D eigenvalue weighted by atomic mass is 10.2. The van der Waals surface area contributed by atoms with Crippen LogP contribution in [0.3, 0.4) is 0 Å². The van der Waals surface area contributed by atoms with Gasteiger partial charge in [0.1, 0.15) is 0 Å². The monoisotopic (exact) mass is 280 g/mol. The Morgan fingerprint density at radius 3 is 2.83 bits per heavy atom. The van der Waals surface area contributed by atoms with Gasteiger partial charge in [0.2, 0.25) is 5.12 Å². The minimum atomic E-state index is -0.384. The number of fused-ring (bicyclic) bond motifs is 1. The minimum absolute atomic E-state index is 0.0581. The number of aryl methyl sites for hydroxylation is 1. The van der Waals surface area contributed by atoms with Crippen molar-refractivity contribution >= 4 is 44.3 Å². The van der Waals surface area contributed by atoms with Crippen molar-refractivity contribution in [2.75, 3.05) is 12.9 Å². The lowest BCUT2D eigenvalue weighted by molar-refractivity contribution is -0.137. The number of carbonyl (C=O) groups excluding carboxylic acids is 2. The SMILES string of the molecule is COC(=O)CSC(=O)c1cc2cc(C)ccc2s1. The lowest BCUT2D eigenvalue weighted by Crippen LogP contribution is -2.05. The van der Waals surface area contributed by atoms with Crippen molar-refractivity contribution < 1.29 is 14.3 Å². The summed E-state index contributed by atoms with van der Waals surface area (Å²) >= 11 is 2.43. The summed E-state index contributed by atoms with van der Waals surface area (Å²) in [6.07, 6.45) is 0. The van der Waals surface area contributed by atoms with Gasteiger partial charge in [0.25, 0.3) is 0 Å². The molecule has 0 amide bonds. The van der Waals surface area contributed by atoms with Crippen LogP contribution in [0, 0.1) is 6.92 Å². The first-order chi connectivity index (χ1) is 8.60. The van der Waals surface area contributed by atoms with E-state index in [1.54, 1.807) is 0 Å². The van der Waals surface area contributed by atoms with E-state index in [1.807, 2.05) is 31.2 Å². The van der Waals surface area contributed by atoms with E-state index >= 15 is 0 Å². The molecule has 0 aliphatic heterocycles. The predicted molar refractivity (Wildman–Crippen MR) is 75.4 cm³/mol. The molecule has 0 saturated carbocycles. The number of thioether (sulfide) groups is 1. The van der Waals surface area contributed by atoms with Gasteiger partial charge in [-0.15, -0.1) is 11.3 Å². The summed E-state index contributed by atoms with van der Waals surface area (Å²) in [7, 11) is 1.32. The largest absolute Gasteiger partial charge is 0.468 e. The van der Waals surface area contributed by atoms with Crippen LogP contribution in [0.1, 0.15) is 15.2 Å². The molecule has 0 saturated heterocycles. The van der Waals surface area contributed by atoms with E-state index in [0.717, 1.165) is 21.8 Å². The molecule has 1 aromatic heterocycles. The van der Waals surface area contributed by atoms with Gasteiger partial charge >= 0.3 is 5.97 Å². The second-order valence-corrected chi connectivity index (χ2v) is 5.84. The molecule has 0 unspecified atom stereocenters. The number of esters is 1. The molecular weight excluding hydrogens is 268 g/mol. The Bertz CT molecular complexity index is 601. The van der Waals surface area contributed by atoms with Crippen molar-refractivity contribution in [2.24, 2.45) is 0 Å². The van der Waals surface area contributed by atoms with Crippen LogP contribution in [0.25, 0.3) is 10.1 Å². The lowest BCUT2D eigenvalue weighted by Gasteiger charge is -1.96. The topological polar surface area (TPSA) is 43.4 Å². The van der Waals surface area contributed by atoms with E-state index in [2.05, 4.69) is 4.74 Å². The first-order valence-corrected chi connectivity index (χ1v) is 7.14. The first kappa shape index (κ1) is 13.1. The molecule has 3 nitrogen and oxygen atoms in total. The molecule has 2 rings (SSSR count). The Morgan fingerprint density at radius 1 is 1.33 bits per heavy atom. The average molecular weight is 280 g/mol. The van der Waals surface area contributed by atoms with Gasteiger partial charge in [-0.3, -0.25) is 9.59 Å². The summed E-state index contributed by atoms with van der Waals surface area (Å²) in [4.78, 5) is 23.5. The van der Waals surface area contributed by atoms with Crippen LogP contribution >= 0.6 is 23.1 Å². The Kier molecular flexibility index (Phi) is 4.04. The summed E-state index contributed by atoms with van der Waals surface area (Å²) in [6, 6.07) is 7.96. The van der Waals surface area contributed by atoms with Crippen LogP contribution in [-0.2, 0) is 9.53 Å². The van der Waals surface area contributed by atoms with E-state index in [-0.39, 0.29) is 16.8 Å². The van der Waals surface area contributed by atoms with Crippen LogP contribution in [0.2, 0.25) is 0 Å². The highest BCUT2D eigenvalue weighted by Gasteiger charge is 2.13. The van der Waals surface area contributed by atoms with E-state index in [1.165, 1.54) is 24.0 Å². The van der Waals surface area contributed by atoms with Crippen LogP contribution in [0.15, 0.2) is 24.3 Å². The number of benzene rings is 1. The molecule has 2 aromatic rings. The van der Waals surface area contributed by atoms with Gasteiger partial charge < -0.3 is 4.74 Å². The molecule has 0 atom stereocenters. The molecule has 1 aromatic carbocycles. The van der Waals surface area contributed by atoms with Gasteiger partial charge in [0.15, 0.2) is 0 Å². The minimum Gasteiger partial charge on any atom is -0.468 e. The van der Waals surface area contributed by atoms with Crippen molar-refractivity contribution in [1.29, 1.82) is 0 Å². The maximum atomic E-state index is 11.9. The van der Waals surface area contributed by atoms with Crippen LogP contribution in [0.4, 0.5) is 0 Å². The predicted octanol–water partition coefficient (Wildman–Crippen LogP) is 3.26. The summed E-state index contributed by atoms with van der Waals surface area (Å²) in [5, 5.41) is 0.987. The van der Waals surface area contributed by atoms with Crippen molar-refractivity contribution in [3.05, 3.63) is 34.7 Å². The van der Waals surface area contributed by atoms with E-state index in [4.69, 9.17) is 0 Å². The molecule has 0 fully saturated rings. The van der Waals surface area contributed by atoms with Crippen LogP contribution in [-0.4, -0.2) is 23.9 Å².